The maximum absolute atomic E-state index is 5.92. The monoisotopic (exact) mass is 391 g/mol. The Balaban J connectivity index is 1.80. The zero-order chi connectivity index (χ0) is 15.5. The number of rotatable bonds is 4. The maximum atomic E-state index is 5.92. The van der Waals surface area contributed by atoms with E-state index in [0.29, 0.717) is 11.0 Å². The van der Waals surface area contributed by atoms with Crippen LogP contribution in [0.1, 0.15) is 5.56 Å². The van der Waals surface area contributed by atoms with E-state index in [2.05, 4.69) is 68.4 Å². The minimum absolute atomic E-state index is 0.486. The smallest absolute Gasteiger partial charge is 0.190 e. The van der Waals surface area contributed by atoms with Gasteiger partial charge in [-0.1, -0.05) is 54.2 Å². The predicted molar refractivity (Wildman–Crippen MR) is 99.4 cm³/mol. The summed E-state index contributed by atoms with van der Waals surface area (Å²) in [5.41, 5.74) is 7.17. The molecule has 0 amide bonds. The summed E-state index contributed by atoms with van der Waals surface area (Å²) in [7, 11) is 0. The van der Waals surface area contributed by atoms with Gasteiger partial charge in [-0.25, -0.2) is 9.97 Å². The summed E-state index contributed by atoms with van der Waals surface area (Å²) >= 11 is 6.57. The molecule has 0 aliphatic heterocycles. The molecular formula is C16H14BrN3S2. The van der Waals surface area contributed by atoms with E-state index in [4.69, 9.17) is 5.73 Å². The van der Waals surface area contributed by atoms with Crippen LogP contribution in [0.25, 0.3) is 10.8 Å². The van der Waals surface area contributed by atoms with Gasteiger partial charge in [-0.05, 0) is 38.5 Å². The van der Waals surface area contributed by atoms with Crippen molar-refractivity contribution in [2.24, 2.45) is 0 Å². The molecule has 0 aliphatic carbocycles. The molecule has 0 atom stereocenters. The molecule has 0 saturated heterocycles. The number of nitrogen functional groups attached to an aromatic ring is 1. The van der Waals surface area contributed by atoms with E-state index < -0.39 is 0 Å². The molecule has 1 heterocycles. The Hall–Kier alpha value is -1.24. The third kappa shape index (κ3) is 3.39. The Morgan fingerprint density at radius 2 is 1.86 bits per heavy atom. The van der Waals surface area contributed by atoms with Gasteiger partial charge in [0.1, 0.15) is 10.8 Å². The number of fused-ring (bicyclic) bond motifs is 1. The molecule has 3 nitrogen and oxygen atoms in total. The Kier molecular flexibility index (Phi) is 4.90. The van der Waals surface area contributed by atoms with Crippen LogP contribution in [0.2, 0.25) is 0 Å². The van der Waals surface area contributed by atoms with Crippen molar-refractivity contribution in [1.29, 1.82) is 0 Å². The first-order valence-corrected chi connectivity index (χ1v) is 9.65. The topological polar surface area (TPSA) is 51.8 Å². The van der Waals surface area contributed by atoms with Crippen LogP contribution in [-0.2, 0) is 5.75 Å². The zero-order valence-electron chi connectivity index (χ0n) is 11.9. The van der Waals surface area contributed by atoms with Crippen molar-refractivity contribution in [3.63, 3.8) is 0 Å². The van der Waals surface area contributed by atoms with Crippen molar-refractivity contribution in [2.75, 3.05) is 12.0 Å². The molecule has 3 rings (SSSR count). The predicted octanol–water partition coefficient (Wildman–Crippen LogP) is 4.99. The van der Waals surface area contributed by atoms with Gasteiger partial charge in [0.25, 0.3) is 0 Å². The van der Waals surface area contributed by atoms with Crippen LogP contribution in [0.15, 0.2) is 57.1 Å². The number of anilines is 1. The van der Waals surface area contributed by atoms with E-state index >= 15 is 0 Å². The van der Waals surface area contributed by atoms with Gasteiger partial charge in [-0.15, -0.1) is 11.8 Å². The SMILES string of the molecule is CSc1nc(SCc2ccc3ccccc3c2)nc(N)c1Br. The first kappa shape index (κ1) is 15.6. The number of nitrogens with zero attached hydrogens (tertiary/aromatic N) is 2. The molecule has 0 unspecified atom stereocenters. The average Bonchev–Trinajstić information content (AvgIpc) is 2.55. The van der Waals surface area contributed by atoms with Crippen molar-refractivity contribution in [2.45, 2.75) is 15.9 Å². The molecule has 112 valence electrons. The summed E-state index contributed by atoms with van der Waals surface area (Å²) in [5.74, 6) is 1.31. The molecule has 2 N–H and O–H groups in total. The van der Waals surface area contributed by atoms with Crippen molar-refractivity contribution >= 4 is 56.0 Å². The summed E-state index contributed by atoms with van der Waals surface area (Å²) in [6.07, 6.45) is 1.98. The highest BCUT2D eigenvalue weighted by Gasteiger charge is 2.10. The normalized spacial score (nSPS) is 11.0. The highest BCUT2D eigenvalue weighted by molar-refractivity contribution is 9.10. The molecule has 0 bridgehead atoms. The molecule has 3 aromatic rings. The minimum Gasteiger partial charge on any atom is -0.383 e. The lowest BCUT2D eigenvalue weighted by molar-refractivity contribution is 0.888. The number of nitrogens with two attached hydrogens (primary N) is 1. The lowest BCUT2D eigenvalue weighted by atomic mass is 10.1. The van der Waals surface area contributed by atoms with Crippen LogP contribution < -0.4 is 5.73 Å². The second-order valence-electron chi connectivity index (χ2n) is 4.68. The van der Waals surface area contributed by atoms with Crippen LogP contribution >= 0.6 is 39.5 Å². The summed E-state index contributed by atoms with van der Waals surface area (Å²) in [6, 6.07) is 14.9. The minimum atomic E-state index is 0.486. The molecule has 0 spiro atoms. The average molecular weight is 392 g/mol. The van der Waals surface area contributed by atoms with E-state index in [1.165, 1.54) is 16.3 Å². The number of hydrogen-bond acceptors (Lipinski definition) is 5. The third-order valence-corrected chi connectivity index (χ3v) is 5.85. The quantitative estimate of drug-likeness (QED) is 0.385. The van der Waals surface area contributed by atoms with Crippen molar-refractivity contribution in [3.05, 3.63) is 52.5 Å². The van der Waals surface area contributed by atoms with E-state index in [-0.39, 0.29) is 0 Å². The van der Waals surface area contributed by atoms with Gasteiger partial charge in [0, 0.05) is 5.75 Å². The number of hydrogen-bond donors (Lipinski definition) is 1. The van der Waals surface area contributed by atoms with Crippen molar-refractivity contribution in [3.8, 4) is 0 Å². The summed E-state index contributed by atoms with van der Waals surface area (Å²) < 4.78 is 0.773. The molecule has 0 aliphatic rings. The second kappa shape index (κ2) is 6.89. The Morgan fingerprint density at radius 1 is 1.09 bits per heavy atom. The highest BCUT2D eigenvalue weighted by Crippen LogP contribution is 2.31. The van der Waals surface area contributed by atoms with Gasteiger partial charge in [0.15, 0.2) is 5.16 Å². The van der Waals surface area contributed by atoms with Gasteiger partial charge >= 0.3 is 0 Å². The fourth-order valence-corrected chi connectivity index (χ4v) is 4.08. The Bertz CT molecular complexity index is 824. The number of halogens is 1. The third-order valence-electron chi connectivity index (χ3n) is 3.20. The molecule has 2 aromatic carbocycles. The van der Waals surface area contributed by atoms with Gasteiger partial charge in [0.2, 0.25) is 0 Å². The van der Waals surface area contributed by atoms with E-state index in [0.717, 1.165) is 15.3 Å². The highest BCUT2D eigenvalue weighted by atomic mass is 79.9. The van der Waals surface area contributed by atoms with Crippen LogP contribution in [-0.4, -0.2) is 16.2 Å². The van der Waals surface area contributed by atoms with Crippen LogP contribution in [0.4, 0.5) is 5.82 Å². The van der Waals surface area contributed by atoms with Gasteiger partial charge in [-0.3, -0.25) is 0 Å². The number of benzene rings is 2. The molecule has 0 radical (unpaired) electrons. The van der Waals surface area contributed by atoms with Crippen molar-refractivity contribution in [1.82, 2.24) is 9.97 Å². The van der Waals surface area contributed by atoms with Gasteiger partial charge < -0.3 is 5.73 Å². The molecule has 1 aromatic heterocycles. The molecular weight excluding hydrogens is 378 g/mol. The maximum Gasteiger partial charge on any atom is 0.190 e. The first-order valence-electron chi connectivity index (χ1n) is 6.65. The summed E-state index contributed by atoms with van der Waals surface area (Å²) in [5, 5.41) is 4.08. The van der Waals surface area contributed by atoms with E-state index in [9.17, 15) is 0 Å². The molecule has 0 fully saturated rings. The van der Waals surface area contributed by atoms with Gasteiger partial charge in [-0.2, -0.15) is 0 Å². The summed E-state index contributed by atoms with van der Waals surface area (Å²) in [4.78, 5) is 8.85. The van der Waals surface area contributed by atoms with Crippen LogP contribution in [0.3, 0.4) is 0 Å². The number of thioether (sulfide) groups is 2. The lowest BCUT2D eigenvalue weighted by Crippen LogP contribution is -1.98. The van der Waals surface area contributed by atoms with Crippen LogP contribution in [0.5, 0.6) is 0 Å². The largest absolute Gasteiger partial charge is 0.383 e. The lowest BCUT2D eigenvalue weighted by Gasteiger charge is -2.07. The summed E-state index contributed by atoms with van der Waals surface area (Å²) in [6.45, 7) is 0. The van der Waals surface area contributed by atoms with Crippen molar-refractivity contribution < 1.29 is 0 Å². The fraction of sp³-hybridized carbons (Fsp3) is 0.125. The second-order valence-corrected chi connectivity index (χ2v) is 7.22. The Morgan fingerprint density at radius 3 is 2.64 bits per heavy atom. The number of aromatic nitrogens is 2. The Labute approximate surface area is 146 Å². The van der Waals surface area contributed by atoms with Gasteiger partial charge in [0.05, 0.1) is 4.47 Å². The van der Waals surface area contributed by atoms with E-state index in [1.54, 1.807) is 23.5 Å². The molecule has 0 saturated carbocycles. The standard InChI is InChI=1S/C16H14BrN3S2/c1-21-15-13(17)14(18)19-16(20-15)22-9-10-6-7-11-4-2-3-5-12(11)8-10/h2-8H,9H2,1H3,(H2,18,19,20). The first-order chi connectivity index (χ1) is 10.7. The van der Waals surface area contributed by atoms with Crippen LogP contribution in [0, 0.1) is 0 Å². The molecule has 22 heavy (non-hydrogen) atoms. The zero-order valence-corrected chi connectivity index (χ0v) is 15.1. The molecule has 6 heteroatoms. The van der Waals surface area contributed by atoms with E-state index in [1.807, 2.05) is 6.26 Å². The fourth-order valence-electron chi connectivity index (χ4n) is 2.10.